The summed E-state index contributed by atoms with van der Waals surface area (Å²) in [5, 5.41) is 20.5. The van der Waals surface area contributed by atoms with E-state index in [2.05, 4.69) is 22.4 Å². The number of carbonyl (C=O) groups excluding carboxylic acids is 1. The van der Waals surface area contributed by atoms with Crippen molar-refractivity contribution in [2.45, 2.75) is 39.3 Å². The summed E-state index contributed by atoms with van der Waals surface area (Å²) in [5.41, 5.74) is 0.738. The largest absolute Gasteiger partial charge is 0.506 e. The molecule has 7 heteroatoms. The molecule has 0 unspecified atom stereocenters. The van der Waals surface area contributed by atoms with Crippen LogP contribution in [0, 0.1) is 0 Å². The summed E-state index contributed by atoms with van der Waals surface area (Å²) in [6.07, 6.45) is 2.82. The van der Waals surface area contributed by atoms with Crippen molar-refractivity contribution in [2.24, 2.45) is 0 Å². The molecule has 0 fully saturated rings. The number of phenolic OH excluding ortho intramolecular Hbond substituents is 1. The number of halogens is 1. The van der Waals surface area contributed by atoms with E-state index < -0.39 is 0 Å². The SMILES string of the molecule is CCCn1cnnc1[C@@H](C)NC(=O)Cc1ccc(O)c(Cl)c1. The Hall–Kier alpha value is -2.08. The number of phenols is 1. The molecule has 22 heavy (non-hydrogen) atoms. The fourth-order valence-electron chi connectivity index (χ4n) is 2.22. The maximum Gasteiger partial charge on any atom is 0.224 e. The minimum atomic E-state index is -0.228. The number of hydrogen-bond acceptors (Lipinski definition) is 4. The minimum Gasteiger partial charge on any atom is -0.506 e. The summed E-state index contributed by atoms with van der Waals surface area (Å²) in [6, 6.07) is 4.51. The zero-order valence-corrected chi connectivity index (χ0v) is 13.3. The predicted molar refractivity (Wildman–Crippen MR) is 83.7 cm³/mol. The number of nitrogens with zero attached hydrogens (tertiary/aromatic N) is 3. The van der Waals surface area contributed by atoms with Crippen LogP contribution in [0.1, 0.15) is 37.7 Å². The molecule has 0 bridgehead atoms. The van der Waals surface area contributed by atoms with Crippen molar-refractivity contribution < 1.29 is 9.90 Å². The lowest BCUT2D eigenvalue weighted by Gasteiger charge is -2.14. The molecule has 2 aromatic rings. The number of aromatic nitrogens is 3. The lowest BCUT2D eigenvalue weighted by Crippen LogP contribution is -2.30. The van der Waals surface area contributed by atoms with Gasteiger partial charge in [-0.1, -0.05) is 24.6 Å². The van der Waals surface area contributed by atoms with E-state index in [0.29, 0.717) is 0 Å². The average Bonchev–Trinajstić information content (AvgIpc) is 2.91. The Kier molecular flexibility index (Phi) is 5.38. The molecule has 1 heterocycles. The number of nitrogens with one attached hydrogen (secondary N) is 1. The molecule has 1 amide bonds. The molecule has 118 valence electrons. The summed E-state index contributed by atoms with van der Waals surface area (Å²) >= 11 is 5.84. The van der Waals surface area contributed by atoms with Crippen LogP contribution in [-0.2, 0) is 17.8 Å². The van der Waals surface area contributed by atoms with Crippen LogP contribution >= 0.6 is 11.6 Å². The van der Waals surface area contributed by atoms with Crippen LogP contribution in [0.5, 0.6) is 5.75 Å². The summed E-state index contributed by atoms with van der Waals surface area (Å²) in [5.74, 6) is 0.603. The van der Waals surface area contributed by atoms with Crippen LogP contribution in [0.25, 0.3) is 0 Å². The highest BCUT2D eigenvalue weighted by atomic mass is 35.5. The molecule has 1 atom stereocenters. The fourth-order valence-corrected chi connectivity index (χ4v) is 2.42. The van der Waals surface area contributed by atoms with E-state index in [-0.39, 0.29) is 29.1 Å². The summed E-state index contributed by atoms with van der Waals surface area (Å²) in [6.45, 7) is 4.76. The van der Waals surface area contributed by atoms with Crippen LogP contribution in [0.2, 0.25) is 5.02 Å². The molecule has 0 aliphatic heterocycles. The van der Waals surface area contributed by atoms with Crippen LogP contribution in [0.4, 0.5) is 0 Å². The van der Waals surface area contributed by atoms with E-state index in [4.69, 9.17) is 11.6 Å². The van der Waals surface area contributed by atoms with Crippen molar-refractivity contribution in [1.29, 1.82) is 0 Å². The highest BCUT2D eigenvalue weighted by Crippen LogP contribution is 2.23. The average molecular weight is 323 g/mol. The van der Waals surface area contributed by atoms with Crippen molar-refractivity contribution in [3.8, 4) is 5.75 Å². The molecule has 0 aliphatic carbocycles. The third-order valence-corrected chi connectivity index (χ3v) is 3.55. The third-order valence-electron chi connectivity index (χ3n) is 3.25. The van der Waals surface area contributed by atoms with Gasteiger partial charge in [-0.3, -0.25) is 4.79 Å². The van der Waals surface area contributed by atoms with Crippen molar-refractivity contribution in [3.05, 3.63) is 40.9 Å². The minimum absolute atomic E-state index is 0.00635. The number of aryl methyl sites for hydroxylation is 1. The molecule has 2 N–H and O–H groups in total. The lowest BCUT2D eigenvalue weighted by molar-refractivity contribution is -0.121. The van der Waals surface area contributed by atoms with Crippen molar-refractivity contribution in [1.82, 2.24) is 20.1 Å². The zero-order valence-electron chi connectivity index (χ0n) is 12.6. The lowest BCUT2D eigenvalue weighted by atomic mass is 10.1. The van der Waals surface area contributed by atoms with Crippen LogP contribution in [0.15, 0.2) is 24.5 Å². The summed E-state index contributed by atoms with van der Waals surface area (Å²) < 4.78 is 1.93. The van der Waals surface area contributed by atoms with E-state index in [1.165, 1.54) is 6.07 Å². The van der Waals surface area contributed by atoms with Crippen LogP contribution in [-0.4, -0.2) is 25.8 Å². The smallest absolute Gasteiger partial charge is 0.224 e. The van der Waals surface area contributed by atoms with E-state index in [1.54, 1.807) is 18.5 Å². The quantitative estimate of drug-likeness (QED) is 0.856. The first kappa shape index (κ1) is 16.3. The fraction of sp³-hybridized carbons (Fsp3) is 0.400. The highest BCUT2D eigenvalue weighted by Gasteiger charge is 2.16. The van der Waals surface area contributed by atoms with Gasteiger partial charge < -0.3 is 15.0 Å². The molecule has 1 aromatic heterocycles. The van der Waals surface area contributed by atoms with Gasteiger partial charge in [-0.05, 0) is 31.0 Å². The second-order valence-electron chi connectivity index (χ2n) is 5.13. The second-order valence-corrected chi connectivity index (χ2v) is 5.54. The molecular formula is C15H19ClN4O2. The van der Waals surface area contributed by atoms with Gasteiger partial charge in [-0.2, -0.15) is 0 Å². The van der Waals surface area contributed by atoms with Gasteiger partial charge in [-0.15, -0.1) is 10.2 Å². The Morgan fingerprint density at radius 3 is 2.95 bits per heavy atom. The van der Waals surface area contributed by atoms with Crippen molar-refractivity contribution in [2.75, 3.05) is 0 Å². The van der Waals surface area contributed by atoms with Crippen molar-refractivity contribution >= 4 is 17.5 Å². The van der Waals surface area contributed by atoms with Gasteiger partial charge in [-0.25, -0.2) is 0 Å². The Labute approximate surface area is 134 Å². The molecule has 0 aliphatic rings. The van der Waals surface area contributed by atoms with Gasteiger partial charge in [0.2, 0.25) is 5.91 Å². The van der Waals surface area contributed by atoms with E-state index >= 15 is 0 Å². The van der Waals surface area contributed by atoms with E-state index in [9.17, 15) is 9.90 Å². The van der Waals surface area contributed by atoms with E-state index in [0.717, 1.165) is 24.4 Å². The summed E-state index contributed by atoms with van der Waals surface area (Å²) in [7, 11) is 0. The molecule has 0 saturated carbocycles. The van der Waals surface area contributed by atoms with Crippen LogP contribution in [0.3, 0.4) is 0 Å². The summed E-state index contributed by atoms with van der Waals surface area (Å²) in [4.78, 5) is 12.1. The van der Waals surface area contributed by atoms with Gasteiger partial charge >= 0.3 is 0 Å². The first-order chi connectivity index (χ1) is 10.5. The van der Waals surface area contributed by atoms with Gasteiger partial charge in [0.05, 0.1) is 17.5 Å². The maximum absolute atomic E-state index is 12.1. The van der Waals surface area contributed by atoms with Crippen LogP contribution < -0.4 is 5.32 Å². The molecule has 0 radical (unpaired) electrons. The first-order valence-electron chi connectivity index (χ1n) is 7.15. The standard InChI is InChI=1S/C15H19ClN4O2/c1-3-6-20-9-17-19-15(20)10(2)18-14(22)8-11-4-5-13(21)12(16)7-11/h4-5,7,9-10,21H,3,6,8H2,1-2H3,(H,18,22)/t10-/m1/s1. The second kappa shape index (κ2) is 7.26. The molecular weight excluding hydrogens is 304 g/mol. The molecule has 2 rings (SSSR count). The monoisotopic (exact) mass is 322 g/mol. The van der Waals surface area contributed by atoms with Crippen molar-refractivity contribution in [3.63, 3.8) is 0 Å². The van der Waals surface area contributed by atoms with E-state index in [1.807, 2.05) is 11.5 Å². The Morgan fingerprint density at radius 1 is 1.50 bits per heavy atom. The number of carbonyl (C=O) groups is 1. The first-order valence-corrected chi connectivity index (χ1v) is 7.53. The van der Waals surface area contributed by atoms with Gasteiger partial charge in [0, 0.05) is 6.54 Å². The number of hydrogen-bond donors (Lipinski definition) is 2. The highest BCUT2D eigenvalue weighted by molar-refractivity contribution is 6.32. The topological polar surface area (TPSA) is 80.0 Å². The molecule has 0 spiro atoms. The van der Waals surface area contributed by atoms with Gasteiger partial charge in [0.25, 0.3) is 0 Å². The molecule has 6 nitrogen and oxygen atoms in total. The van der Waals surface area contributed by atoms with Gasteiger partial charge in [0.15, 0.2) is 5.82 Å². The molecule has 1 aromatic carbocycles. The molecule has 0 saturated heterocycles. The number of rotatable bonds is 6. The maximum atomic E-state index is 12.1. The number of aromatic hydroxyl groups is 1. The number of benzene rings is 1. The number of amides is 1. The Balaban J connectivity index is 1.98. The third kappa shape index (κ3) is 3.98. The van der Waals surface area contributed by atoms with Gasteiger partial charge in [0.1, 0.15) is 12.1 Å². The Bertz CT molecular complexity index is 657. The Morgan fingerprint density at radius 2 is 2.27 bits per heavy atom. The normalized spacial score (nSPS) is 12.1. The zero-order chi connectivity index (χ0) is 16.1. The predicted octanol–water partition coefficient (Wildman–Crippen LogP) is 2.47.